The number of fused-ring (bicyclic) bond motifs is 1. The SMILES string of the molecule is CSc1nc2c(c(=O)[nH]1)CN(Cc1ccc(S(=O)(=O)O)o1)CC2. The molecule has 0 unspecified atom stereocenters. The molecule has 0 saturated carbocycles. The minimum atomic E-state index is -4.34. The van der Waals surface area contributed by atoms with Crippen molar-refractivity contribution in [3.63, 3.8) is 0 Å². The van der Waals surface area contributed by atoms with Gasteiger partial charge in [0.15, 0.2) is 5.16 Å². The van der Waals surface area contributed by atoms with E-state index >= 15 is 0 Å². The van der Waals surface area contributed by atoms with Gasteiger partial charge in [-0.25, -0.2) is 4.98 Å². The number of hydrogen-bond acceptors (Lipinski definition) is 7. The third-order valence-electron chi connectivity index (χ3n) is 3.59. The Balaban J connectivity index is 1.78. The third-order valence-corrected chi connectivity index (χ3v) is 4.90. The maximum absolute atomic E-state index is 12.1. The van der Waals surface area contributed by atoms with E-state index in [-0.39, 0.29) is 5.56 Å². The molecule has 2 N–H and O–H groups in total. The van der Waals surface area contributed by atoms with Gasteiger partial charge >= 0.3 is 10.1 Å². The van der Waals surface area contributed by atoms with Crippen LogP contribution in [0.4, 0.5) is 0 Å². The van der Waals surface area contributed by atoms with Gasteiger partial charge in [0.1, 0.15) is 5.76 Å². The lowest BCUT2D eigenvalue weighted by Crippen LogP contribution is -2.35. The van der Waals surface area contributed by atoms with E-state index in [2.05, 4.69) is 9.97 Å². The molecule has 0 fully saturated rings. The molecule has 0 saturated heterocycles. The zero-order valence-electron chi connectivity index (χ0n) is 12.3. The Bertz CT molecular complexity index is 887. The average Bonchev–Trinajstić information content (AvgIpc) is 2.96. The number of thioether (sulfide) groups is 1. The number of nitrogens with one attached hydrogen (secondary N) is 1. The lowest BCUT2D eigenvalue weighted by molar-refractivity contribution is 0.215. The molecule has 124 valence electrons. The van der Waals surface area contributed by atoms with Gasteiger partial charge in [-0.3, -0.25) is 14.2 Å². The fourth-order valence-corrected chi connectivity index (χ4v) is 3.34. The number of aromatic amines is 1. The van der Waals surface area contributed by atoms with Crippen LogP contribution < -0.4 is 5.56 Å². The molecule has 3 heterocycles. The second-order valence-electron chi connectivity index (χ2n) is 5.16. The molecule has 10 heteroatoms. The Hall–Kier alpha value is -1.62. The van der Waals surface area contributed by atoms with Gasteiger partial charge in [-0.1, -0.05) is 11.8 Å². The Kier molecular flexibility index (Phi) is 4.32. The lowest BCUT2D eigenvalue weighted by atomic mass is 10.1. The van der Waals surface area contributed by atoms with Crippen molar-refractivity contribution in [1.29, 1.82) is 0 Å². The summed E-state index contributed by atoms with van der Waals surface area (Å²) >= 11 is 1.39. The van der Waals surface area contributed by atoms with Crippen LogP contribution in [0.2, 0.25) is 0 Å². The molecule has 0 bridgehead atoms. The molecule has 1 aliphatic rings. The Morgan fingerprint density at radius 2 is 2.26 bits per heavy atom. The zero-order chi connectivity index (χ0) is 16.6. The van der Waals surface area contributed by atoms with Crippen LogP contribution in [-0.2, 0) is 29.6 Å². The van der Waals surface area contributed by atoms with Gasteiger partial charge in [0.05, 0.1) is 17.8 Å². The van der Waals surface area contributed by atoms with Crippen LogP contribution in [-0.4, -0.2) is 40.6 Å². The largest absolute Gasteiger partial charge is 0.446 e. The number of nitrogens with zero attached hydrogens (tertiary/aromatic N) is 2. The van der Waals surface area contributed by atoms with Gasteiger partial charge in [-0.2, -0.15) is 8.42 Å². The molecule has 2 aromatic heterocycles. The molecule has 0 radical (unpaired) electrons. The van der Waals surface area contributed by atoms with Crippen LogP contribution in [0.25, 0.3) is 0 Å². The molecular weight excluding hydrogens is 342 g/mol. The second-order valence-corrected chi connectivity index (χ2v) is 7.30. The highest BCUT2D eigenvalue weighted by atomic mass is 32.2. The van der Waals surface area contributed by atoms with E-state index in [1.54, 1.807) is 0 Å². The molecule has 1 aliphatic heterocycles. The van der Waals surface area contributed by atoms with Crippen molar-refractivity contribution in [2.24, 2.45) is 0 Å². The molecule has 0 atom stereocenters. The molecule has 2 aromatic rings. The summed E-state index contributed by atoms with van der Waals surface area (Å²) in [5.41, 5.74) is 1.27. The van der Waals surface area contributed by atoms with Crippen molar-refractivity contribution in [3.05, 3.63) is 39.5 Å². The van der Waals surface area contributed by atoms with Crippen LogP contribution in [0.15, 0.2) is 31.6 Å². The van der Waals surface area contributed by atoms with Gasteiger partial charge < -0.3 is 9.40 Å². The van der Waals surface area contributed by atoms with Crippen LogP contribution in [0.1, 0.15) is 17.0 Å². The van der Waals surface area contributed by atoms with Crippen LogP contribution >= 0.6 is 11.8 Å². The smallest absolute Gasteiger partial charge is 0.328 e. The summed E-state index contributed by atoms with van der Waals surface area (Å²) < 4.78 is 36.1. The highest BCUT2D eigenvalue weighted by molar-refractivity contribution is 7.98. The molecule has 23 heavy (non-hydrogen) atoms. The number of rotatable bonds is 4. The van der Waals surface area contributed by atoms with Crippen molar-refractivity contribution in [2.45, 2.75) is 29.8 Å². The van der Waals surface area contributed by atoms with Crippen molar-refractivity contribution < 1.29 is 17.4 Å². The summed E-state index contributed by atoms with van der Waals surface area (Å²) in [6, 6.07) is 2.71. The van der Waals surface area contributed by atoms with E-state index in [9.17, 15) is 13.2 Å². The monoisotopic (exact) mass is 357 g/mol. The quantitative estimate of drug-likeness (QED) is 0.471. The van der Waals surface area contributed by atoms with E-state index in [1.165, 1.54) is 23.9 Å². The number of aromatic nitrogens is 2. The van der Waals surface area contributed by atoms with E-state index in [0.29, 0.717) is 42.5 Å². The normalized spacial score (nSPS) is 15.6. The number of hydrogen-bond donors (Lipinski definition) is 2. The number of H-pyrrole nitrogens is 1. The maximum atomic E-state index is 12.1. The van der Waals surface area contributed by atoms with Gasteiger partial charge in [-0.15, -0.1) is 0 Å². The van der Waals surface area contributed by atoms with Crippen LogP contribution in [0, 0.1) is 0 Å². The van der Waals surface area contributed by atoms with Crippen molar-refractivity contribution in [3.8, 4) is 0 Å². The van der Waals surface area contributed by atoms with Gasteiger partial charge in [0.25, 0.3) is 5.56 Å². The standard InChI is InChI=1S/C13H15N3O5S2/c1-22-13-14-10-4-5-16(7-9(10)12(17)15-13)6-8-2-3-11(21-8)23(18,19)20/h2-3H,4-7H2,1H3,(H,14,15,17)(H,18,19,20). The first-order chi connectivity index (χ1) is 10.9. The minimum Gasteiger partial charge on any atom is -0.446 e. The third kappa shape index (κ3) is 3.50. The lowest BCUT2D eigenvalue weighted by Gasteiger charge is -2.26. The van der Waals surface area contributed by atoms with Crippen LogP contribution in [0.5, 0.6) is 0 Å². The summed E-state index contributed by atoms with van der Waals surface area (Å²) in [4.78, 5) is 21.2. The summed E-state index contributed by atoms with van der Waals surface area (Å²) in [5.74, 6) is 0.409. The maximum Gasteiger partial charge on any atom is 0.328 e. The summed E-state index contributed by atoms with van der Waals surface area (Å²) in [7, 11) is -4.34. The highest BCUT2D eigenvalue weighted by Gasteiger charge is 2.23. The summed E-state index contributed by atoms with van der Waals surface area (Å²) in [6.45, 7) is 1.44. The van der Waals surface area contributed by atoms with Crippen molar-refractivity contribution in [1.82, 2.24) is 14.9 Å². The molecule has 8 nitrogen and oxygen atoms in total. The van der Waals surface area contributed by atoms with E-state index < -0.39 is 15.2 Å². The molecule has 0 spiro atoms. The van der Waals surface area contributed by atoms with Crippen molar-refractivity contribution in [2.75, 3.05) is 12.8 Å². The van der Waals surface area contributed by atoms with E-state index in [0.717, 1.165) is 5.69 Å². The minimum absolute atomic E-state index is 0.151. The first-order valence-electron chi connectivity index (χ1n) is 6.81. The molecule has 0 aromatic carbocycles. The number of furan rings is 1. The zero-order valence-corrected chi connectivity index (χ0v) is 13.9. The topological polar surface area (TPSA) is 116 Å². The fourth-order valence-electron chi connectivity index (χ4n) is 2.49. The first-order valence-corrected chi connectivity index (χ1v) is 9.48. The second kappa shape index (κ2) is 6.11. The van der Waals surface area contributed by atoms with Gasteiger partial charge in [-0.05, 0) is 18.4 Å². The van der Waals surface area contributed by atoms with E-state index in [1.807, 2.05) is 11.2 Å². The predicted octanol–water partition coefficient (Wildman–Crippen LogP) is 0.890. The predicted molar refractivity (Wildman–Crippen MR) is 83.0 cm³/mol. The summed E-state index contributed by atoms with van der Waals surface area (Å²) in [6.07, 6.45) is 2.49. The average molecular weight is 357 g/mol. The molecule has 0 amide bonds. The fraction of sp³-hybridized carbons (Fsp3) is 0.385. The molecule has 3 rings (SSSR count). The van der Waals surface area contributed by atoms with Crippen LogP contribution in [0.3, 0.4) is 0 Å². The van der Waals surface area contributed by atoms with Gasteiger partial charge in [0.2, 0.25) is 5.09 Å². The Labute approximate surface area is 136 Å². The molecular formula is C13H15N3O5S2. The Morgan fingerprint density at radius 1 is 1.48 bits per heavy atom. The van der Waals surface area contributed by atoms with E-state index in [4.69, 9.17) is 8.97 Å². The molecule has 0 aliphatic carbocycles. The highest BCUT2D eigenvalue weighted by Crippen LogP contribution is 2.20. The van der Waals surface area contributed by atoms with Gasteiger partial charge in [0, 0.05) is 19.5 Å². The van der Waals surface area contributed by atoms with Crippen molar-refractivity contribution >= 4 is 21.9 Å². The summed E-state index contributed by atoms with van der Waals surface area (Å²) in [5, 5.41) is 0.125. The Morgan fingerprint density at radius 3 is 2.91 bits per heavy atom. The first kappa shape index (κ1) is 16.2.